The summed E-state index contributed by atoms with van der Waals surface area (Å²) in [5.41, 5.74) is 0.593. The van der Waals surface area contributed by atoms with Crippen molar-refractivity contribution in [1.29, 1.82) is 0 Å². The lowest BCUT2D eigenvalue weighted by Gasteiger charge is -2.12. The fourth-order valence-corrected chi connectivity index (χ4v) is 2.46. The fraction of sp³-hybridized carbons (Fsp3) is 0.222. The van der Waals surface area contributed by atoms with Crippen molar-refractivity contribution in [2.45, 2.75) is 13.8 Å². The molecule has 142 valence electrons. The van der Waals surface area contributed by atoms with Gasteiger partial charge in [0.2, 0.25) is 0 Å². The molecule has 0 aromatic heterocycles. The number of carbonyl (C=O) groups is 1. The van der Waals surface area contributed by atoms with Crippen LogP contribution in [0.25, 0.3) is 0 Å². The summed E-state index contributed by atoms with van der Waals surface area (Å²) in [6.07, 6.45) is 0. The number of carbonyl (C=O) groups excluding carboxylic acids is 1. The van der Waals surface area contributed by atoms with E-state index in [1.807, 2.05) is 13.8 Å². The zero-order valence-electron chi connectivity index (χ0n) is 14.7. The second-order valence-corrected chi connectivity index (χ2v) is 6.88. The Kier molecular flexibility index (Phi) is 7.09. The van der Waals surface area contributed by atoms with E-state index in [4.69, 9.17) is 28.6 Å². The van der Waals surface area contributed by atoms with Crippen LogP contribution in [0.5, 0.6) is 5.75 Å². The topological polar surface area (TPSA) is 93.5 Å². The molecule has 0 aliphatic rings. The molecule has 0 fully saturated rings. The number of nitrogens with zero attached hydrogens (tertiary/aromatic N) is 1. The third-order valence-electron chi connectivity index (χ3n) is 3.32. The van der Waals surface area contributed by atoms with Gasteiger partial charge in [-0.05, 0) is 42.4 Å². The number of ether oxygens (including phenoxy) is 1. The van der Waals surface area contributed by atoms with Gasteiger partial charge in [0.05, 0.1) is 22.2 Å². The molecule has 1 amide bonds. The second-order valence-electron chi connectivity index (χ2n) is 6.06. The highest BCUT2D eigenvalue weighted by Gasteiger charge is 2.13. The molecule has 2 rings (SSSR count). The molecule has 0 aliphatic heterocycles. The maximum atomic E-state index is 12.3. The first-order chi connectivity index (χ1) is 12.8. The summed E-state index contributed by atoms with van der Waals surface area (Å²) in [6, 6.07) is 10.6. The monoisotopic (exact) mass is 407 g/mol. The summed E-state index contributed by atoms with van der Waals surface area (Å²) < 4.78 is 5.60. The Morgan fingerprint density at radius 2 is 2.04 bits per heavy atom. The summed E-state index contributed by atoms with van der Waals surface area (Å²) in [6.45, 7) is 4.61. The van der Waals surface area contributed by atoms with E-state index in [0.717, 1.165) is 0 Å². The van der Waals surface area contributed by atoms with Gasteiger partial charge in [-0.1, -0.05) is 31.5 Å². The molecule has 0 atom stereocenters. The van der Waals surface area contributed by atoms with Crippen LogP contribution in [0.2, 0.25) is 5.02 Å². The molecule has 0 saturated heterocycles. The molecule has 0 radical (unpaired) electrons. The average molecular weight is 408 g/mol. The van der Waals surface area contributed by atoms with Crippen LogP contribution >= 0.6 is 23.8 Å². The van der Waals surface area contributed by atoms with Gasteiger partial charge in [-0.25, -0.2) is 0 Å². The van der Waals surface area contributed by atoms with Crippen LogP contribution in [0.15, 0.2) is 42.5 Å². The smallest absolute Gasteiger partial charge is 0.271 e. The zero-order chi connectivity index (χ0) is 20.0. The van der Waals surface area contributed by atoms with E-state index in [1.165, 1.54) is 18.2 Å². The molecule has 0 heterocycles. The molecule has 0 bridgehead atoms. The minimum Gasteiger partial charge on any atom is -0.493 e. The molecular formula is C18H18ClN3O4S. The number of hydrogen-bond acceptors (Lipinski definition) is 5. The van der Waals surface area contributed by atoms with E-state index < -0.39 is 10.8 Å². The summed E-state index contributed by atoms with van der Waals surface area (Å²) in [4.78, 5) is 22.5. The molecule has 0 spiro atoms. The van der Waals surface area contributed by atoms with Crippen molar-refractivity contribution in [1.82, 2.24) is 5.32 Å². The lowest BCUT2D eigenvalue weighted by molar-refractivity contribution is -0.384. The van der Waals surface area contributed by atoms with Crippen LogP contribution in [0.4, 0.5) is 11.4 Å². The van der Waals surface area contributed by atoms with Crippen molar-refractivity contribution in [2.24, 2.45) is 5.92 Å². The average Bonchev–Trinajstić information content (AvgIpc) is 2.61. The van der Waals surface area contributed by atoms with E-state index in [-0.39, 0.29) is 15.8 Å². The van der Waals surface area contributed by atoms with Gasteiger partial charge >= 0.3 is 0 Å². The number of thiocarbonyl (C=S) groups is 1. The second kappa shape index (κ2) is 9.29. The van der Waals surface area contributed by atoms with Crippen molar-refractivity contribution in [3.8, 4) is 5.75 Å². The van der Waals surface area contributed by atoms with E-state index in [2.05, 4.69) is 10.6 Å². The molecule has 7 nitrogen and oxygen atoms in total. The highest BCUT2D eigenvalue weighted by molar-refractivity contribution is 7.80. The number of nitro benzene ring substituents is 1. The van der Waals surface area contributed by atoms with E-state index in [0.29, 0.717) is 29.5 Å². The molecule has 2 aromatic carbocycles. The van der Waals surface area contributed by atoms with Crippen LogP contribution in [0, 0.1) is 16.0 Å². The number of amides is 1. The largest absolute Gasteiger partial charge is 0.493 e. The molecule has 27 heavy (non-hydrogen) atoms. The quantitative estimate of drug-likeness (QED) is 0.418. The number of hydrogen-bond donors (Lipinski definition) is 2. The molecule has 0 aliphatic carbocycles. The van der Waals surface area contributed by atoms with E-state index >= 15 is 0 Å². The van der Waals surface area contributed by atoms with E-state index in [1.54, 1.807) is 24.3 Å². The first-order valence-corrected chi connectivity index (χ1v) is 8.84. The number of anilines is 1. The van der Waals surface area contributed by atoms with Crippen molar-refractivity contribution >= 4 is 46.2 Å². The maximum Gasteiger partial charge on any atom is 0.271 e. The summed E-state index contributed by atoms with van der Waals surface area (Å²) in [7, 11) is 0. The van der Waals surface area contributed by atoms with Crippen LogP contribution in [-0.2, 0) is 0 Å². The number of halogens is 1. The zero-order valence-corrected chi connectivity index (χ0v) is 16.3. The van der Waals surface area contributed by atoms with Crippen molar-refractivity contribution < 1.29 is 14.5 Å². The maximum absolute atomic E-state index is 12.3. The van der Waals surface area contributed by atoms with Gasteiger partial charge < -0.3 is 10.1 Å². The molecule has 0 unspecified atom stereocenters. The predicted molar refractivity (Wildman–Crippen MR) is 109 cm³/mol. The van der Waals surface area contributed by atoms with Crippen molar-refractivity contribution in [3.63, 3.8) is 0 Å². The molecule has 0 saturated carbocycles. The SMILES string of the molecule is CC(C)COc1cccc(C(=O)NC(=S)Nc2ccc([N+](=O)[O-])cc2Cl)c1. The lowest BCUT2D eigenvalue weighted by Crippen LogP contribution is -2.34. The van der Waals surface area contributed by atoms with Crippen LogP contribution < -0.4 is 15.4 Å². The number of nitro groups is 1. The van der Waals surface area contributed by atoms with Crippen LogP contribution in [0.3, 0.4) is 0 Å². The van der Waals surface area contributed by atoms with Gasteiger partial charge in [-0.15, -0.1) is 0 Å². The van der Waals surface area contributed by atoms with Crippen molar-refractivity contribution in [3.05, 3.63) is 63.2 Å². The summed E-state index contributed by atoms with van der Waals surface area (Å²) in [5.74, 6) is 0.542. The van der Waals surface area contributed by atoms with Gasteiger partial charge in [0.25, 0.3) is 11.6 Å². The standard InChI is InChI=1S/C18H18ClN3O4S/c1-11(2)10-26-14-5-3-4-12(8-14)17(23)21-18(27)20-16-7-6-13(22(24)25)9-15(16)19/h3-9,11H,10H2,1-2H3,(H2,20,21,23,27). The molecular weight excluding hydrogens is 390 g/mol. The van der Waals surface area contributed by atoms with E-state index in [9.17, 15) is 14.9 Å². The lowest BCUT2D eigenvalue weighted by atomic mass is 10.2. The molecule has 9 heteroatoms. The third kappa shape index (κ3) is 6.19. The first-order valence-electron chi connectivity index (χ1n) is 8.05. The van der Waals surface area contributed by atoms with Crippen LogP contribution in [-0.4, -0.2) is 22.5 Å². The highest BCUT2D eigenvalue weighted by atomic mass is 35.5. The highest BCUT2D eigenvalue weighted by Crippen LogP contribution is 2.26. The van der Waals surface area contributed by atoms with Crippen LogP contribution in [0.1, 0.15) is 24.2 Å². The predicted octanol–water partition coefficient (Wildman–Crippen LogP) is 4.41. The Morgan fingerprint density at radius 3 is 2.67 bits per heavy atom. The minimum absolute atomic E-state index is 0.0178. The molecule has 2 N–H and O–H groups in total. The third-order valence-corrected chi connectivity index (χ3v) is 3.84. The van der Waals surface area contributed by atoms with Gasteiger partial charge in [-0.2, -0.15) is 0 Å². The van der Waals surface area contributed by atoms with Crippen molar-refractivity contribution in [2.75, 3.05) is 11.9 Å². The number of rotatable bonds is 6. The number of nitrogens with one attached hydrogen (secondary N) is 2. The fourth-order valence-electron chi connectivity index (χ4n) is 2.04. The Labute approximate surface area is 166 Å². The van der Waals surface area contributed by atoms with Gasteiger partial charge in [-0.3, -0.25) is 20.2 Å². The number of non-ortho nitro benzene ring substituents is 1. The molecule has 2 aromatic rings. The van der Waals surface area contributed by atoms with Gasteiger partial charge in [0, 0.05) is 17.7 Å². The minimum atomic E-state index is -0.551. The van der Waals surface area contributed by atoms with Gasteiger partial charge in [0.15, 0.2) is 5.11 Å². The van der Waals surface area contributed by atoms with Gasteiger partial charge in [0.1, 0.15) is 5.75 Å². The number of benzene rings is 2. The Bertz CT molecular complexity index is 873. The summed E-state index contributed by atoms with van der Waals surface area (Å²) in [5, 5.41) is 16.1. The first kappa shape index (κ1) is 20.6. The normalized spacial score (nSPS) is 10.4. The Balaban J connectivity index is 2.00. The Hall–Kier alpha value is -2.71. The Morgan fingerprint density at radius 1 is 1.30 bits per heavy atom. The summed E-state index contributed by atoms with van der Waals surface area (Å²) >= 11 is 11.1.